The van der Waals surface area contributed by atoms with Gasteiger partial charge in [0.1, 0.15) is 5.82 Å². The summed E-state index contributed by atoms with van der Waals surface area (Å²) in [6.45, 7) is 9.27. The molecule has 0 aliphatic heterocycles. The monoisotopic (exact) mass is 529 g/mol. The largest absolute Gasteiger partial charge is 0.364 e. The van der Waals surface area contributed by atoms with Crippen molar-refractivity contribution in [3.05, 3.63) is 71.6 Å². The van der Waals surface area contributed by atoms with Gasteiger partial charge in [-0.1, -0.05) is 19.9 Å². The highest BCUT2D eigenvalue weighted by Crippen LogP contribution is 2.28. The Kier molecular flexibility index (Phi) is 7.75. The van der Waals surface area contributed by atoms with Crippen molar-refractivity contribution < 1.29 is 4.79 Å². The van der Waals surface area contributed by atoms with Gasteiger partial charge in [-0.25, -0.2) is 14.5 Å². The molecule has 0 fully saturated rings. The predicted octanol–water partition coefficient (Wildman–Crippen LogP) is 4.32. The average molecular weight is 530 g/mol. The minimum Gasteiger partial charge on any atom is -0.364 e. The summed E-state index contributed by atoms with van der Waals surface area (Å²) in [4.78, 5) is 26.4. The van der Waals surface area contributed by atoms with Crippen LogP contribution in [0.3, 0.4) is 0 Å². The minimum atomic E-state index is -0.154. The number of anilines is 1. The van der Waals surface area contributed by atoms with Crippen molar-refractivity contribution in [2.75, 3.05) is 25.0 Å². The molecule has 0 radical (unpaired) electrons. The molecule has 5 aromatic rings. The zero-order valence-corrected chi connectivity index (χ0v) is 22.5. The minimum absolute atomic E-state index is 0.154. The van der Waals surface area contributed by atoms with Crippen LogP contribution in [0.1, 0.15) is 36.8 Å². The number of carbonyl (C=O) groups excluding carboxylic acids is 1. The van der Waals surface area contributed by atoms with E-state index in [0.717, 1.165) is 34.9 Å². The average Bonchev–Trinajstić information content (AvgIpc) is 3.73. The second-order valence-electron chi connectivity index (χ2n) is 8.94. The highest BCUT2D eigenvalue weighted by molar-refractivity contribution is 7.13. The molecule has 5 rings (SSSR count). The Morgan fingerprint density at radius 2 is 2.03 bits per heavy atom. The number of rotatable bonds is 11. The van der Waals surface area contributed by atoms with E-state index in [9.17, 15) is 4.79 Å². The van der Waals surface area contributed by atoms with Crippen molar-refractivity contribution >= 4 is 28.7 Å². The standard InChI is InChI=1S/C27H31N9OS/c1-4-35(5-2)18(3)15-29-27(37)19-13-23(32-25(14-19)28-16-20-8-10-30-34-20)21-17-31-36-11-9-22(33-26(21)36)24-7-6-12-38-24/h6-14,17-18H,4-5,15-16H2,1-3H3,(H,28,32)(H,29,37)(H,30,34). The first-order valence-electron chi connectivity index (χ1n) is 12.7. The fourth-order valence-electron chi connectivity index (χ4n) is 4.39. The molecule has 10 nitrogen and oxygen atoms in total. The Morgan fingerprint density at radius 3 is 2.76 bits per heavy atom. The summed E-state index contributed by atoms with van der Waals surface area (Å²) in [7, 11) is 0. The number of nitrogens with one attached hydrogen (secondary N) is 3. The highest BCUT2D eigenvalue weighted by Gasteiger charge is 2.18. The Balaban J connectivity index is 1.48. The fraction of sp³-hybridized carbons (Fsp3) is 0.296. The van der Waals surface area contributed by atoms with Gasteiger partial charge in [0.15, 0.2) is 5.65 Å². The molecule has 3 N–H and O–H groups in total. The molecule has 196 valence electrons. The number of pyridine rings is 1. The quantitative estimate of drug-likeness (QED) is 0.233. The molecule has 0 aromatic carbocycles. The van der Waals surface area contributed by atoms with Gasteiger partial charge in [-0.2, -0.15) is 10.2 Å². The van der Waals surface area contributed by atoms with Gasteiger partial charge in [0.05, 0.1) is 40.3 Å². The zero-order valence-electron chi connectivity index (χ0n) is 21.7. The van der Waals surface area contributed by atoms with Crippen molar-refractivity contribution in [2.45, 2.75) is 33.4 Å². The summed E-state index contributed by atoms with van der Waals surface area (Å²) < 4.78 is 1.73. The zero-order chi connectivity index (χ0) is 26.5. The van der Waals surface area contributed by atoms with Crippen LogP contribution in [0, 0.1) is 0 Å². The van der Waals surface area contributed by atoms with Gasteiger partial charge in [-0.05, 0) is 55.7 Å². The molecule has 5 heterocycles. The normalized spacial score (nSPS) is 12.2. The maximum absolute atomic E-state index is 13.3. The molecule has 38 heavy (non-hydrogen) atoms. The van der Waals surface area contributed by atoms with Crippen LogP contribution in [0.2, 0.25) is 0 Å². The van der Waals surface area contributed by atoms with E-state index in [1.165, 1.54) is 0 Å². The third kappa shape index (κ3) is 5.58. The number of H-pyrrole nitrogens is 1. The number of hydrogen-bond acceptors (Lipinski definition) is 8. The molecule has 5 aromatic heterocycles. The number of nitrogens with zero attached hydrogens (tertiary/aromatic N) is 6. The summed E-state index contributed by atoms with van der Waals surface area (Å²) in [6.07, 6.45) is 5.40. The van der Waals surface area contributed by atoms with Gasteiger partial charge in [0.2, 0.25) is 0 Å². The van der Waals surface area contributed by atoms with Crippen molar-refractivity contribution in [1.29, 1.82) is 0 Å². The summed E-state index contributed by atoms with van der Waals surface area (Å²) in [5, 5.41) is 19.9. The lowest BCUT2D eigenvalue weighted by Gasteiger charge is -2.26. The van der Waals surface area contributed by atoms with Crippen LogP contribution in [-0.4, -0.2) is 66.3 Å². The van der Waals surface area contributed by atoms with E-state index in [2.05, 4.69) is 51.6 Å². The molecular weight excluding hydrogens is 498 g/mol. The molecule has 0 bridgehead atoms. The molecule has 0 saturated heterocycles. The smallest absolute Gasteiger partial charge is 0.251 e. The van der Waals surface area contributed by atoms with E-state index < -0.39 is 0 Å². The van der Waals surface area contributed by atoms with Crippen molar-refractivity contribution in [2.24, 2.45) is 0 Å². The van der Waals surface area contributed by atoms with E-state index in [4.69, 9.17) is 9.97 Å². The molecule has 0 aliphatic carbocycles. The number of hydrogen-bond donors (Lipinski definition) is 3. The molecular formula is C27H31N9OS. The van der Waals surface area contributed by atoms with Crippen LogP contribution >= 0.6 is 11.3 Å². The first kappa shape index (κ1) is 25.6. The van der Waals surface area contributed by atoms with E-state index >= 15 is 0 Å². The lowest BCUT2D eigenvalue weighted by molar-refractivity contribution is 0.0938. The maximum Gasteiger partial charge on any atom is 0.251 e. The third-order valence-corrected chi connectivity index (χ3v) is 7.40. The third-order valence-electron chi connectivity index (χ3n) is 6.51. The van der Waals surface area contributed by atoms with Crippen LogP contribution in [0.4, 0.5) is 5.82 Å². The number of aromatic nitrogens is 6. The van der Waals surface area contributed by atoms with E-state index in [0.29, 0.717) is 35.8 Å². The van der Waals surface area contributed by atoms with Gasteiger partial charge in [0, 0.05) is 30.5 Å². The van der Waals surface area contributed by atoms with E-state index in [1.807, 2.05) is 35.8 Å². The van der Waals surface area contributed by atoms with Crippen LogP contribution in [0.5, 0.6) is 0 Å². The van der Waals surface area contributed by atoms with Crippen molar-refractivity contribution in [3.63, 3.8) is 0 Å². The number of aromatic amines is 1. The number of fused-ring (bicyclic) bond motifs is 1. The molecule has 0 spiro atoms. The molecule has 1 atom stereocenters. The van der Waals surface area contributed by atoms with Gasteiger partial charge < -0.3 is 10.6 Å². The first-order chi connectivity index (χ1) is 18.6. The highest BCUT2D eigenvalue weighted by atomic mass is 32.1. The number of thiophene rings is 1. The lowest BCUT2D eigenvalue weighted by atomic mass is 10.1. The van der Waals surface area contributed by atoms with Crippen LogP contribution < -0.4 is 10.6 Å². The van der Waals surface area contributed by atoms with Gasteiger partial charge in [0.25, 0.3) is 5.91 Å². The Labute approximate surface area is 225 Å². The Bertz CT molecular complexity index is 1490. The molecule has 1 amide bonds. The fourth-order valence-corrected chi connectivity index (χ4v) is 5.09. The van der Waals surface area contributed by atoms with Gasteiger partial charge in [-0.15, -0.1) is 11.3 Å². The van der Waals surface area contributed by atoms with Crippen LogP contribution in [-0.2, 0) is 6.54 Å². The summed E-state index contributed by atoms with van der Waals surface area (Å²) in [5.41, 5.74) is 4.26. The lowest BCUT2D eigenvalue weighted by Crippen LogP contribution is -2.42. The topological polar surface area (TPSA) is 116 Å². The number of amides is 1. The van der Waals surface area contributed by atoms with E-state index in [-0.39, 0.29) is 11.9 Å². The maximum atomic E-state index is 13.3. The Hall–Kier alpha value is -4.09. The first-order valence-corrected chi connectivity index (χ1v) is 13.6. The molecule has 0 aliphatic rings. The van der Waals surface area contributed by atoms with Crippen molar-refractivity contribution in [1.82, 2.24) is 40.0 Å². The summed E-state index contributed by atoms with van der Waals surface area (Å²) in [6, 6.07) is 11.7. The molecule has 1 unspecified atom stereocenters. The summed E-state index contributed by atoms with van der Waals surface area (Å²) in [5.74, 6) is 0.417. The van der Waals surface area contributed by atoms with Gasteiger partial charge in [-0.3, -0.25) is 14.8 Å². The van der Waals surface area contributed by atoms with Gasteiger partial charge >= 0.3 is 0 Å². The number of carbonyl (C=O) groups is 1. The molecule has 11 heteroatoms. The Morgan fingerprint density at radius 1 is 1.16 bits per heavy atom. The summed E-state index contributed by atoms with van der Waals surface area (Å²) >= 11 is 1.63. The van der Waals surface area contributed by atoms with E-state index in [1.54, 1.807) is 40.4 Å². The second-order valence-corrected chi connectivity index (χ2v) is 9.89. The predicted molar refractivity (Wildman–Crippen MR) is 150 cm³/mol. The van der Waals surface area contributed by atoms with Crippen molar-refractivity contribution in [3.8, 4) is 21.8 Å². The molecule has 0 saturated carbocycles. The number of likely N-dealkylation sites (N-methyl/N-ethyl adjacent to an activating group) is 1. The SMILES string of the molecule is CCN(CC)C(C)CNC(=O)c1cc(NCc2cc[nH]n2)nc(-c2cnn3ccc(-c4cccs4)nc23)c1. The van der Waals surface area contributed by atoms with Crippen LogP contribution in [0.25, 0.3) is 27.5 Å². The van der Waals surface area contributed by atoms with Crippen LogP contribution in [0.15, 0.2) is 60.4 Å². The second kappa shape index (κ2) is 11.5.